The van der Waals surface area contributed by atoms with Crippen molar-refractivity contribution in [3.63, 3.8) is 0 Å². The Balaban J connectivity index is 0.00000336. The van der Waals surface area contributed by atoms with Crippen LogP contribution in [0.1, 0.15) is 12.8 Å². The average Bonchev–Trinajstić information content (AvgIpc) is 3.53. The molecule has 3 aromatic rings. The number of thiazole rings is 1. The molecule has 2 saturated heterocycles. The molecule has 0 radical (unpaired) electrons. The molecule has 2 aliphatic rings. The number of carbonyl (C=O) groups is 2. The first-order valence-electron chi connectivity index (χ1n) is 12.2. The number of ether oxygens (including phenoxy) is 2. The van der Waals surface area contributed by atoms with E-state index in [1.54, 1.807) is 41.2 Å². The highest BCUT2D eigenvalue weighted by molar-refractivity contribution is 7.23. The molecule has 2 fully saturated rings. The van der Waals surface area contributed by atoms with Gasteiger partial charge in [0.1, 0.15) is 17.1 Å². The Labute approximate surface area is 235 Å². The van der Waals surface area contributed by atoms with E-state index >= 15 is 0 Å². The smallest absolute Gasteiger partial charge is 0.234 e. The molecule has 2 aromatic carbocycles. The van der Waals surface area contributed by atoms with Gasteiger partial charge in [0.15, 0.2) is 5.13 Å². The van der Waals surface area contributed by atoms with Crippen molar-refractivity contribution < 1.29 is 23.5 Å². The Kier molecular flexibility index (Phi) is 9.43. The number of anilines is 2. The first-order chi connectivity index (χ1) is 17.9. The van der Waals surface area contributed by atoms with Crippen LogP contribution in [0.2, 0.25) is 5.02 Å². The van der Waals surface area contributed by atoms with Crippen LogP contribution in [0.15, 0.2) is 36.4 Å². The monoisotopic (exact) mass is 582 g/mol. The summed E-state index contributed by atoms with van der Waals surface area (Å²) >= 11 is 7.79. The Morgan fingerprint density at radius 1 is 1.24 bits per heavy atom. The predicted molar refractivity (Wildman–Crippen MR) is 150 cm³/mol. The van der Waals surface area contributed by atoms with Crippen LogP contribution in [0.5, 0.6) is 5.75 Å². The normalized spacial score (nSPS) is 18.0. The lowest BCUT2D eigenvalue weighted by atomic mass is 10.1. The summed E-state index contributed by atoms with van der Waals surface area (Å²) in [5.74, 6) is -0.646. The molecule has 38 heavy (non-hydrogen) atoms. The van der Waals surface area contributed by atoms with Crippen molar-refractivity contribution in [3.05, 3.63) is 47.2 Å². The number of benzene rings is 2. The number of hydrogen-bond donors (Lipinski definition) is 0. The van der Waals surface area contributed by atoms with Crippen LogP contribution in [0, 0.1) is 11.7 Å². The van der Waals surface area contributed by atoms with Crippen molar-refractivity contribution in [1.29, 1.82) is 0 Å². The number of nitrogens with zero attached hydrogens (tertiary/aromatic N) is 4. The zero-order valence-corrected chi connectivity index (χ0v) is 23.3. The SMILES string of the molecule is COc1ccc(Cl)c2sc(N(CCCN3CCOCC3)C(=O)C3CC(=O)N(c4ccc(F)cc4)C3)nc12.Cl. The fraction of sp³-hybridized carbons (Fsp3) is 0.423. The number of rotatable bonds is 8. The zero-order valence-electron chi connectivity index (χ0n) is 20.9. The third-order valence-electron chi connectivity index (χ3n) is 6.74. The summed E-state index contributed by atoms with van der Waals surface area (Å²) < 4.78 is 25.0. The van der Waals surface area contributed by atoms with Crippen LogP contribution in [-0.4, -0.2) is 74.7 Å². The van der Waals surface area contributed by atoms with Gasteiger partial charge in [-0.2, -0.15) is 0 Å². The molecule has 0 aliphatic carbocycles. The molecule has 8 nitrogen and oxygen atoms in total. The van der Waals surface area contributed by atoms with E-state index in [4.69, 9.17) is 26.1 Å². The lowest BCUT2D eigenvalue weighted by Crippen LogP contribution is -2.41. The van der Waals surface area contributed by atoms with Gasteiger partial charge in [0.25, 0.3) is 0 Å². The zero-order chi connectivity index (χ0) is 25.9. The number of aromatic nitrogens is 1. The van der Waals surface area contributed by atoms with Crippen molar-refractivity contribution >= 4 is 68.2 Å². The molecular weight excluding hydrogens is 554 g/mol. The molecule has 3 heterocycles. The molecule has 1 aromatic heterocycles. The summed E-state index contributed by atoms with van der Waals surface area (Å²) in [5, 5.41) is 1.07. The van der Waals surface area contributed by atoms with E-state index in [0.717, 1.165) is 30.8 Å². The molecule has 5 rings (SSSR count). The molecular formula is C26H29Cl2FN4O4S. The third-order valence-corrected chi connectivity index (χ3v) is 8.28. The standard InChI is InChI=1S/C26H28ClFN4O4S.ClH/c1-35-21-8-7-20(27)24-23(21)29-26(37-24)31(10-2-9-30-11-13-36-14-12-30)25(34)17-15-22(33)32(16-17)19-5-3-18(28)4-6-19;/h3-8,17H,2,9-16H2,1H3;1H. The minimum atomic E-state index is -0.537. The summed E-state index contributed by atoms with van der Waals surface area (Å²) in [6.45, 7) is 4.67. The summed E-state index contributed by atoms with van der Waals surface area (Å²) in [4.78, 5) is 37.0. The molecule has 0 bridgehead atoms. The van der Waals surface area contributed by atoms with Gasteiger partial charge < -0.3 is 14.4 Å². The van der Waals surface area contributed by atoms with Gasteiger partial charge in [-0.05, 0) is 42.8 Å². The first kappa shape index (κ1) is 28.5. The van der Waals surface area contributed by atoms with Crippen molar-refractivity contribution in [2.45, 2.75) is 12.8 Å². The maximum absolute atomic E-state index is 13.9. The Morgan fingerprint density at radius 2 is 1.97 bits per heavy atom. The van der Waals surface area contributed by atoms with Crippen LogP contribution in [0.4, 0.5) is 15.2 Å². The Hall–Kier alpha value is -2.50. The Morgan fingerprint density at radius 3 is 2.68 bits per heavy atom. The second-order valence-electron chi connectivity index (χ2n) is 9.10. The summed E-state index contributed by atoms with van der Waals surface area (Å²) in [6, 6.07) is 9.26. The van der Waals surface area contributed by atoms with Gasteiger partial charge >= 0.3 is 0 Å². The van der Waals surface area contributed by atoms with E-state index in [0.29, 0.717) is 46.9 Å². The maximum atomic E-state index is 13.9. The number of methoxy groups -OCH3 is 1. The number of carbonyl (C=O) groups excluding carboxylic acids is 2. The highest BCUT2D eigenvalue weighted by Gasteiger charge is 2.38. The van der Waals surface area contributed by atoms with Gasteiger partial charge in [0.05, 0.1) is 36.0 Å². The van der Waals surface area contributed by atoms with Gasteiger partial charge in [0, 0.05) is 44.8 Å². The van der Waals surface area contributed by atoms with Crippen molar-refractivity contribution in [2.24, 2.45) is 5.92 Å². The first-order valence-corrected chi connectivity index (χ1v) is 13.4. The Bertz CT molecular complexity index is 1290. The molecule has 204 valence electrons. The van der Waals surface area contributed by atoms with E-state index in [2.05, 4.69) is 4.90 Å². The molecule has 2 amide bonds. The minimum Gasteiger partial charge on any atom is -0.494 e. The van der Waals surface area contributed by atoms with Crippen LogP contribution in [0.25, 0.3) is 10.2 Å². The van der Waals surface area contributed by atoms with Gasteiger partial charge in [-0.1, -0.05) is 22.9 Å². The molecule has 0 spiro atoms. The quantitative estimate of drug-likeness (QED) is 0.385. The molecule has 0 N–H and O–H groups in total. The second kappa shape index (κ2) is 12.6. The van der Waals surface area contributed by atoms with E-state index in [9.17, 15) is 14.0 Å². The molecule has 12 heteroatoms. The molecule has 0 saturated carbocycles. The highest BCUT2D eigenvalue weighted by Crippen LogP contribution is 2.39. The average molecular weight is 584 g/mol. The number of hydrogen-bond acceptors (Lipinski definition) is 7. The predicted octanol–water partition coefficient (Wildman–Crippen LogP) is 4.63. The lowest BCUT2D eigenvalue weighted by Gasteiger charge is -2.28. The van der Waals surface area contributed by atoms with Crippen LogP contribution < -0.4 is 14.5 Å². The lowest BCUT2D eigenvalue weighted by molar-refractivity contribution is -0.124. The topological polar surface area (TPSA) is 75.2 Å². The summed E-state index contributed by atoms with van der Waals surface area (Å²) in [5.41, 5.74) is 1.19. The third kappa shape index (κ3) is 6.05. The summed E-state index contributed by atoms with van der Waals surface area (Å²) in [7, 11) is 1.57. The van der Waals surface area contributed by atoms with E-state index in [1.807, 2.05) is 0 Å². The van der Waals surface area contributed by atoms with Crippen LogP contribution in [0.3, 0.4) is 0 Å². The van der Waals surface area contributed by atoms with Crippen molar-refractivity contribution in [2.75, 3.05) is 62.8 Å². The fourth-order valence-electron chi connectivity index (χ4n) is 4.76. The van der Waals surface area contributed by atoms with E-state index in [1.165, 1.54) is 23.5 Å². The number of morpholine rings is 1. The van der Waals surface area contributed by atoms with E-state index in [-0.39, 0.29) is 43.0 Å². The number of amides is 2. The fourth-order valence-corrected chi connectivity index (χ4v) is 6.05. The van der Waals surface area contributed by atoms with Gasteiger partial charge in [0.2, 0.25) is 11.8 Å². The molecule has 1 atom stereocenters. The minimum absolute atomic E-state index is 0. The van der Waals surface area contributed by atoms with Crippen molar-refractivity contribution in [1.82, 2.24) is 9.88 Å². The summed E-state index contributed by atoms with van der Waals surface area (Å²) in [6.07, 6.45) is 0.833. The van der Waals surface area contributed by atoms with Gasteiger partial charge in [-0.15, -0.1) is 12.4 Å². The largest absolute Gasteiger partial charge is 0.494 e. The van der Waals surface area contributed by atoms with Gasteiger partial charge in [-0.25, -0.2) is 9.37 Å². The van der Waals surface area contributed by atoms with Crippen LogP contribution in [-0.2, 0) is 14.3 Å². The number of halogens is 3. The van der Waals surface area contributed by atoms with E-state index < -0.39 is 5.92 Å². The second-order valence-corrected chi connectivity index (χ2v) is 10.5. The molecule has 2 aliphatic heterocycles. The van der Waals surface area contributed by atoms with Gasteiger partial charge in [-0.3, -0.25) is 19.4 Å². The highest BCUT2D eigenvalue weighted by atomic mass is 35.5. The maximum Gasteiger partial charge on any atom is 0.234 e. The van der Waals surface area contributed by atoms with Crippen molar-refractivity contribution in [3.8, 4) is 5.75 Å². The molecule has 1 unspecified atom stereocenters. The number of fused-ring (bicyclic) bond motifs is 1. The van der Waals surface area contributed by atoms with Crippen LogP contribution >= 0.6 is 35.3 Å².